The van der Waals surface area contributed by atoms with Gasteiger partial charge in [-0.15, -0.1) is 11.3 Å². The number of rotatable bonds is 10. The summed E-state index contributed by atoms with van der Waals surface area (Å²) < 4.78 is 2.42. The normalized spacial score (nSPS) is 22.0. The van der Waals surface area contributed by atoms with Crippen LogP contribution in [-0.2, 0) is 11.2 Å². The number of carbonyl (C=O) groups is 2. The molecule has 4 atom stereocenters. The third-order valence-electron chi connectivity index (χ3n) is 8.81. The molecule has 210 valence electrons. The van der Waals surface area contributed by atoms with Gasteiger partial charge in [0.1, 0.15) is 5.82 Å². The van der Waals surface area contributed by atoms with Crippen molar-refractivity contribution in [3.05, 3.63) is 52.0 Å². The number of carboxylic acid groups (broad SMARTS) is 1. The third-order valence-corrected chi connectivity index (χ3v) is 9.69. The van der Waals surface area contributed by atoms with E-state index in [4.69, 9.17) is 4.98 Å². The Kier molecular flexibility index (Phi) is 9.03. The number of carbonyl (C=O) groups excluding carboxylic acids is 1. The molecule has 2 aliphatic carbocycles. The van der Waals surface area contributed by atoms with E-state index in [1.54, 1.807) is 11.3 Å². The van der Waals surface area contributed by atoms with Gasteiger partial charge in [-0.3, -0.25) is 9.59 Å². The van der Waals surface area contributed by atoms with E-state index in [-0.39, 0.29) is 12.3 Å². The highest BCUT2D eigenvalue weighted by atomic mass is 32.1. The van der Waals surface area contributed by atoms with Gasteiger partial charge < -0.3 is 20.1 Å². The molecule has 8 heteroatoms. The second-order valence-corrected chi connectivity index (χ2v) is 12.7. The molecule has 0 aliphatic heterocycles. The monoisotopic (exact) mass is 551 g/mol. The second kappa shape index (κ2) is 12.6. The molecule has 5 rings (SSSR count). The molecule has 2 saturated carbocycles. The lowest BCUT2D eigenvalue weighted by molar-refractivity contribution is -0.139. The Bertz CT molecular complexity index is 1260. The van der Waals surface area contributed by atoms with Crippen molar-refractivity contribution in [2.75, 3.05) is 0 Å². The fourth-order valence-corrected chi connectivity index (χ4v) is 7.40. The molecule has 0 bridgehead atoms. The Balaban J connectivity index is 1.41. The number of amides is 1. The van der Waals surface area contributed by atoms with Crippen LogP contribution in [0.3, 0.4) is 0 Å². The number of aliphatic carboxylic acids is 1. The lowest BCUT2D eigenvalue weighted by Crippen LogP contribution is -2.45. The lowest BCUT2D eigenvalue weighted by atomic mass is 9.83. The average molecular weight is 552 g/mol. The topological polar surface area (TPSA) is 104 Å². The van der Waals surface area contributed by atoms with E-state index in [2.05, 4.69) is 34.3 Å². The van der Waals surface area contributed by atoms with Crippen LogP contribution >= 0.6 is 11.3 Å². The van der Waals surface area contributed by atoms with Gasteiger partial charge in [-0.1, -0.05) is 57.9 Å². The first-order valence-corrected chi connectivity index (χ1v) is 15.5. The van der Waals surface area contributed by atoms with Crippen molar-refractivity contribution in [2.24, 2.45) is 11.8 Å². The molecular formula is C31H41N3O4S. The van der Waals surface area contributed by atoms with E-state index in [1.165, 1.54) is 30.6 Å². The largest absolute Gasteiger partial charge is 0.481 e. The van der Waals surface area contributed by atoms with Gasteiger partial charge in [0.05, 0.1) is 29.6 Å². The van der Waals surface area contributed by atoms with Crippen molar-refractivity contribution in [3.8, 4) is 0 Å². The van der Waals surface area contributed by atoms with Gasteiger partial charge in [-0.05, 0) is 60.7 Å². The van der Waals surface area contributed by atoms with Crippen molar-refractivity contribution in [1.82, 2.24) is 14.9 Å². The van der Waals surface area contributed by atoms with Crippen LogP contribution in [0.4, 0.5) is 0 Å². The highest BCUT2D eigenvalue weighted by Gasteiger charge is 2.30. The van der Waals surface area contributed by atoms with Crippen LogP contribution in [0.5, 0.6) is 0 Å². The molecule has 2 aromatic heterocycles. The first-order chi connectivity index (χ1) is 18.9. The zero-order chi connectivity index (χ0) is 27.4. The molecule has 0 saturated heterocycles. The summed E-state index contributed by atoms with van der Waals surface area (Å²) in [7, 11) is 0. The predicted molar refractivity (Wildman–Crippen MR) is 154 cm³/mol. The van der Waals surface area contributed by atoms with Crippen LogP contribution < -0.4 is 5.32 Å². The van der Waals surface area contributed by atoms with Gasteiger partial charge in [0.2, 0.25) is 0 Å². The van der Waals surface area contributed by atoms with Crippen LogP contribution in [0.1, 0.15) is 105 Å². The van der Waals surface area contributed by atoms with E-state index >= 15 is 0 Å². The molecule has 7 nitrogen and oxygen atoms in total. The van der Waals surface area contributed by atoms with Crippen molar-refractivity contribution >= 4 is 34.2 Å². The Morgan fingerprint density at radius 1 is 1.10 bits per heavy atom. The number of hydrogen-bond acceptors (Lipinski definition) is 5. The van der Waals surface area contributed by atoms with Crippen molar-refractivity contribution < 1.29 is 19.8 Å². The van der Waals surface area contributed by atoms with Gasteiger partial charge >= 0.3 is 5.97 Å². The minimum atomic E-state index is -1.12. The number of nitrogens with zero attached hydrogens (tertiary/aromatic N) is 2. The van der Waals surface area contributed by atoms with Crippen LogP contribution in [0, 0.1) is 11.8 Å². The highest BCUT2D eigenvalue weighted by Crippen LogP contribution is 2.37. The van der Waals surface area contributed by atoms with E-state index in [0.717, 1.165) is 55.4 Å². The number of thiophene rings is 1. The maximum atomic E-state index is 13.4. The highest BCUT2D eigenvalue weighted by molar-refractivity contribution is 7.09. The summed E-state index contributed by atoms with van der Waals surface area (Å²) in [5, 5.41) is 25.1. The summed E-state index contributed by atoms with van der Waals surface area (Å²) in [6.07, 6.45) is 10.3. The van der Waals surface area contributed by atoms with Gasteiger partial charge in [0, 0.05) is 22.9 Å². The van der Waals surface area contributed by atoms with Crippen LogP contribution in [-0.4, -0.2) is 43.8 Å². The van der Waals surface area contributed by atoms with Crippen LogP contribution in [0.25, 0.3) is 11.0 Å². The quantitative estimate of drug-likeness (QED) is 0.273. The third kappa shape index (κ3) is 6.72. The fourth-order valence-electron chi connectivity index (χ4n) is 6.70. The SMILES string of the molecule is C[C@@H]1CCCCC1n1c(Cc2cccs2)nc2cc(C(=O)NC(CC3CCCCC3)[C@H](O)CC(=O)O)ccc21. The first-order valence-electron chi connectivity index (χ1n) is 14.6. The summed E-state index contributed by atoms with van der Waals surface area (Å²) in [4.78, 5) is 31.1. The summed E-state index contributed by atoms with van der Waals surface area (Å²) in [6, 6.07) is 9.73. The Hall–Kier alpha value is -2.71. The number of hydrogen-bond donors (Lipinski definition) is 3. The second-order valence-electron chi connectivity index (χ2n) is 11.7. The van der Waals surface area contributed by atoms with E-state index in [1.807, 2.05) is 18.2 Å². The minimum Gasteiger partial charge on any atom is -0.481 e. The van der Waals surface area contributed by atoms with Gasteiger partial charge in [-0.25, -0.2) is 4.98 Å². The molecule has 2 unspecified atom stereocenters. The van der Waals surface area contributed by atoms with Gasteiger partial charge in [0.15, 0.2) is 0 Å². The summed E-state index contributed by atoms with van der Waals surface area (Å²) in [5.41, 5.74) is 2.35. The molecule has 1 aromatic carbocycles. The van der Waals surface area contributed by atoms with E-state index in [9.17, 15) is 19.8 Å². The van der Waals surface area contributed by atoms with Crippen molar-refractivity contribution in [1.29, 1.82) is 0 Å². The van der Waals surface area contributed by atoms with Gasteiger partial charge in [-0.2, -0.15) is 0 Å². The molecule has 3 N–H and O–H groups in total. The molecule has 2 aliphatic rings. The summed E-state index contributed by atoms with van der Waals surface area (Å²) in [6.45, 7) is 2.33. The number of aliphatic hydroxyl groups is 1. The van der Waals surface area contributed by atoms with Crippen LogP contribution in [0.2, 0.25) is 0 Å². The Morgan fingerprint density at radius 3 is 2.59 bits per heavy atom. The minimum absolute atomic E-state index is 0.289. The number of carboxylic acids is 1. The molecule has 0 spiro atoms. The first kappa shape index (κ1) is 27.8. The summed E-state index contributed by atoms with van der Waals surface area (Å²) >= 11 is 1.74. The molecule has 2 heterocycles. The molecule has 1 amide bonds. The number of imidazole rings is 1. The Labute approximate surface area is 234 Å². The number of nitrogens with one attached hydrogen (secondary N) is 1. The maximum Gasteiger partial charge on any atom is 0.306 e. The molecule has 39 heavy (non-hydrogen) atoms. The van der Waals surface area contributed by atoms with E-state index in [0.29, 0.717) is 29.9 Å². The van der Waals surface area contributed by atoms with Gasteiger partial charge in [0.25, 0.3) is 5.91 Å². The zero-order valence-electron chi connectivity index (χ0n) is 22.8. The van der Waals surface area contributed by atoms with Crippen LogP contribution in [0.15, 0.2) is 35.7 Å². The predicted octanol–water partition coefficient (Wildman–Crippen LogP) is 6.34. The molecule has 0 radical (unpaired) electrons. The molecule has 2 fully saturated rings. The summed E-state index contributed by atoms with van der Waals surface area (Å²) in [5.74, 6) is 0.645. The lowest BCUT2D eigenvalue weighted by Gasteiger charge is -2.31. The average Bonchev–Trinajstić information content (AvgIpc) is 3.56. The molecule has 3 aromatic rings. The number of aromatic nitrogens is 2. The van der Waals surface area contributed by atoms with E-state index < -0.39 is 18.1 Å². The number of fused-ring (bicyclic) bond motifs is 1. The molecular weight excluding hydrogens is 510 g/mol. The standard InChI is InChI=1S/C31H41N3O4S/c1-20-8-5-6-12-26(20)34-27-14-13-22(17-24(27)32-29(34)18-23-11-7-15-39-23)31(38)33-25(28(35)19-30(36)37)16-21-9-3-2-4-10-21/h7,11,13-15,17,20-21,25-26,28,35H,2-6,8-10,12,16,18-19H2,1H3,(H,33,38)(H,36,37)/t20-,25?,26?,28-/m1/s1. The Morgan fingerprint density at radius 2 is 1.87 bits per heavy atom. The maximum absolute atomic E-state index is 13.4. The van der Waals surface area contributed by atoms with Crippen molar-refractivity contribution in [3.63, 3.8) is 0 Å². The number of aliphatic hydroxyl groups excluding tert-OH is 1. The smallest absolute Gasteiger partial charge is 0.306 e. The zero-order valence-corrected chi connectivity index (χ0v) is 23.7. The fraction of sp³-hybridized carbons (Fsp3) is 0.581. The number of benzene rings is 1. The van der Waals surface area contributed by atoms with Crippen molar-refractivity contribution in [2.45, 2.75) is 102 Å².